The summed E-state index contributed by atoms with van der Waals surface area (Å²) in [5.41, 5.74) is 0.931. The van der Waals surface area contributed by atoms with Crippen molar-refractivity contribution in [3.05, 3.63) is 76.3 Å². The van der Waals surface area contributed by atoms with Gasteiger partial charge < -0.3 is 19.5 Å². The summed E-state index contributed by atoms with van der Waals surface area (Å²) >= 11 is 0. The number of amides is 1. The van der Waals surface area contributed by atoms with Crippen LogP contribution in [0.25, 0.3) is 11.3 Å². The van der Waals surface area contributed by atoms with Crippen molar-refractivity contribution in [1.29, 1.82) is 0 Å². The molecule has 0 unspecified atom stereocenters. The van der Waals surface area contributed by atoms with E-state index in [9.17, 15) is 19.2 Å². The number of carbonyl (C=O) groups is 3. The van der Waals surface area contributed by atoms with E-state index in [-0.39, 0.29) is 23.4 Å². The van der Waals surface area contributed by atoms with Crippen LogP contribution in [0.1, 0.15) is 20.7 Å². The maximum absolute atomic E-state index is 12.6. The van der Waals surface area contributed by atoms with Gasteiger partial charge in [-0.15, -0.1) is 0 Å². The quantitative estimate of drug-likeness (QED) is 0.542. The third-order valence-electron chi connectivity index (χ3n) is 4.70. The molecule has 0 aliphatic carbocycles. The average Bonchev–Trinajstić information content (AvgIpc) is 2.84. The number of rotatable bonds is 7. The highest BCUT2D eigenvalue weighted by Crippen LogP contribution is 2.21. The van der Waals surface area contributed by atoms with E-state index in [1.807, 2.05) is 0 Å². The summed E-state index contributed by atoms with van der Waals surface area (Å²) in [6.07, 6.45) is 1.26. The molecular formula is C23H21N3O7. The zero-order valence-corrected chi connectivity index (χ0v) is 18.2. The summed E-state index contributed by atoms with van der Waals surface area (Å²) < 4.78 is 15.6. The molecule has 0 saturated carbocycles. The van der Waals surface area contributed by atoms with Gasteiger partial charge in [0, 0.05) is 11.6 Å². The van der Waals surface area contributed by atoms with Crippen LogP contribution in [0.15, 0.2) is 59.7 Å². The lowest BCUT2D eigenvalue weighted by atomic mass is 10.1. The van der Waals surface area contributed by atoms with Crippen molar-refractivity contribution in [2.24, 2.45) is 0 Å². The minimum atomic E-state index is -0.704. The van der Waals surface area contributed by atoms with E-state index in [1.165, 1.54) is 44.8 Å². The number of ether oxygens (including phenoxy) is 3. The van der Waals surface area contributed by atoms with Crippen LogP contribution in [0, 0.1) is 0 Å². The standard InChI is InChI=1S/C23H21N3O7/c1-31-16-7-4-14(5-8-16)18-11-21(28)26(13-24-18)12-20(27)25-19-10-15(22(29)32-2)6-9-17(19)23(30)33-3/h4-11,13H,12H2,1-3H3,(H,25,27). The molecule has 3 aromatic rings. The molecule has 1 N–H and O–H groups in total. The Balaban J connectivity index is 1.81. The molecule has 0 atom stereocenters. The van der Waals surface area contributed by atoms with Crippen molar-refractivity contribution in [3.63, 3.8) is 0 Å². The van der Waals surface area contributed by atoms with Crippen LogP contribution < -0.4 is 15.6 Å². The molecule has 0 spiro atoms. The van der Waals surface area contributed by atoms with Crippen molar-refractivity contribution in [1.82, 2.24) is 9.55 Å². The van der Waals surface area contributed by atoms with Gasteiger partial charge in [-0.3, -0.25) is 14.2 Å². The normalized spacial score (nSPS) is 10.3. The Morgan fingerprint density at radius 3 is 2.24 bits per heavy atom. The molecule has 0 aliphatic heterocycles. The van der Waals surface area contributed by atoms with Crippen LogP contribution in [-0.2, 0) is 20.8 Å². The molecule has 1 heterocycles. The summed E-state index contributed by atoms with van der Waals surface area (Å²) in [7, 11) is 3.96. The van der Waals surface area contributed by atoms with Gasteiger partial charge in [0.25, 0.3) is 5.56 Å². The van der Waals surface area contributed by atoms with E-state index in [1.54, 1.807) is 31.4 Å². The fraction of sp³-hybridized carbons (Fsp3) is 0.174. The number of aromatic nitrogens is 2. The van der Waals surface area contributed by atoms with Crippen molar-refractivity contribution in [3.8, 4) is 17.0 Å². The van der Waals surface area contributed by atoms with Crippen LogP contribution in [0.2, 0.25) is 0 Å². The zero-order valence-electron chi connectivity index (χ0n) is 18.2. The van der Waals surface area contributed by atoms with Crippen LogP contribution in [0.3, 0.4) is 0 Å². The molecule has 1 aromatic heterocycles. The molecular weight excluding hydrogens is 430 g/mol. The first kappa shape index (κ1) is 23.2. The molecule has 0 saturated heterocycles. The lowest BCUT2D eigenvalue weighted by Gasteiger charge is -2.12. The lowest BCUT2D eigenvalue weighted by Crippen LogP contribution is -2.28. The number of esters is 2. The SMILES string of the molecule is COC(=O)c1ccc(C(=O)OC)c(NC(=O)Cn2cnc(-c3ccc(OC)cc3)cc2=O)c1. The van der Waals surface area contributed by atoms with Gasteiger partial charge in [0.1, 0.15) is 12.3 Å². The topological polar surface area (TPSA) is 126 Å². The molecule has 0 aliphatic rings. The van der Waals surface area contributed by atoms with Crippen LogP contribution >= 0.6 is 0 Å². The second kappa shape index (κ2) is 10.2. The number of benzene rings is 2. The maximum Gasteiger partial charge on any atom is 0.339 e. The van der Waals surface area contributed by atoms with E-state index in [4.69, 9.17) is 9.47 Å². The third kappa shape index (κ3) is 5.42. The Kier molecular flexibility index (Phi) is 7.19. The van der Waals surface area contributed by atoms with Gasteiger partial charge in [0.15, 0.2) is 0 Å². The van der Waals surface area contributed by atoms with E-state index >= 15 is 0 Å². The number of hydrogen-bond donors (Lipinski definition) is 1. The second-order valence-electron chi connectivity index (χ2n) is 6.76. The van der Waals surface area contributed by atoms with Crippen molar-refractivity contribution in [2.45, 2.75) is 6.54 Å². The number of nitrogens with zero attached hydrogens (tertiary/aromatic N) is 2. The summed E-state index contributed by atoms with van der Waals surface area (Å²) in [5.74, 6) is -1.28. The molecule has 0 bridgehead atoms. The van der Waals surface area contributed by atoms with Gasteiger partial charge in [0.2, 0.25) is 5.91 Å². The number of anilines is 1. The van der Waals surface area contributed by atoms with E-state index in [0.717, 1.165) is 4.57 Å². The first-order valence-corrected chi connectivity index (χ1v) is 9.67. The Morgan fingerprint density at radius 2 is 1.64 bits per heavy atom. The van der Waals surface area contributed by atoms with E-state index < -0.39 is 23.4 Å². The third-order valence-corrected chi connectivity index (χ3v) is 4.70. The van der Waals surface area contributed by atoms with Crippen molar-refractivity contribution >= 4 is 23.5 Å². The van der Waals surface area contributed by atoms with Gasteiger partial charge in [-0.2, -0.15) is 0 Å². The maximum atomic E-state index is 12.6. The molecule has 10 heteroatoms. The molecule has 170 valence electrons. The summed E-state index contributed by atoms with van der Waals surface area (Å²) in [4.78, 5) is 53.2. The van der Waals surface area contributed by atoms with E-state index in [2.05, 4.69) is 15.0 Å². The van der Waals surface area contributed by atoms with Gasteiger partial charge in [-0.1, -0.05) is 0 Å². The van der Waals surface area contributed by atoms with E-state index in [0.29, 0.717) is 17.0 Å². The minimum Gasteiger partial charge on any atom is -0.497 e. The highest BCUT2D eigenvalue weighted by Gasteiger charge is 2.18. The Labute approximate surface area is 188 Å². The molecule has 10 nitrogen and oxygen atoms in total. The lowest BCUT2D eigenvalue weighted by molar-refractivity contribution is -0.116. The number of nitrogens with one attached hydrogen (secondary N) is 1. The van der Waals surface area contributed by atoms with Crippen molar-refractivity contribution < 1.29 is 28.6 Å². The zero-order chi connectivity index (χ0) is 24.0. The fourth-order valence-electron chi connectivity index (χ4n) is 2.99. The fourth-order valence-corrected chi connectivity index (χ4v) is 2.99. The van der Waals surface area contributed by atoms with Gasteiger partial charge in [0.05, 0.1) is 50.2 Å². The summed E-state index contributed by atoms with van der Waals surface area (Å²) in [5, 5.41) is 2.53. The predicted octanol–water partition coefficient (Wildman–Crippen LogP) is 2.13. The summed E-state index contributed by atoms with van der Waals surface area (Å²) in [6, 6.07) is 12.3. The van der Waals surface area contributed by atoms with Gasteiger partial charge >= 0.3 is 11.9 Å². The van der Waals surface area contributed by atoms with Crippen LogP contribution in [0.5, 0.6) is 5.75 Å². The average molecular weight is 451 g/mol. The largest absolute Gasteiger partial charge is 0.497 e. The van der Waals surface area contributed by atoms with Crippen molar-refractivity contribution in [2.75, 3.05) is 26.6 Å². The monoisotopic (exact) mass is 451 g/mol. The molecule has 33 heavy (non-hydrogen) atoms. The number of carbonyl (C=O) groups excluding carboxylic acids is 3. The van der Waals surface area contributed by atoms with Crippen LogP contribution in [0.4, 0.5) is 5.69 Å². The molecule has 3 rings (SSSR count). The first-order chi connectivity index (χ1) is 15.9. The Bertz CT molecular complexity index is 1250. The molecule has 2 aromatic carbocycles. The number of hydrogen-bond acceptors (Lipinski definition) is 8. The first-order valence-electron chi connectivity index (χ1n) is 9.67. The highest BCUT2D eigenvalue weighted by molar-refractivity contribution is 6.03. The molecule has 0 fully saturated rings. The van der Waals surface area contributed by atoms with Gasteiger partial charge in [-0.05, 0) is 42.5 Å². The Morgan fingerprint density at radius 1 is 0.939 bits per heavy atom. The van der Waals surface area contributed by atoms with Gasteiger partial charge in [-0.25, -0.2) is 14.6 Å². The minimum absolute atomic E-state index is 0.0406. The predicted molar refractivity (Wildman–Crippen MR) is 118 cm³/mol. The van der Waals surface area contributed by atoms with Crippen LogP contribution in [-0.4, -0.2) is 48.7 Å². The highest BCUT2D eigenvalue weighted by atomic mass is 16.5. The number of methoxy groups -OCH3 is 3. The smallest absolute Gasteiger partial charge is 0.339 e. The Hall–Kier alpha value is -4.47. The summed E-state index contributed by atoms with van der Waals surface area (Å²) in [6.45, 7) is -0.363. The molecule has 0 radical (unpaired) electrons. The molecule has 1 amide bonds. The second-order valence-corrected chi connectivity index (χ2v) is 6.76.